The molecule has 0 bridgehead atoms. The number of thiazole rings is 1. The van der Waals surface area contributed by atoms with E-state index in [1.54, 1.807) is 13.2 Å². The second-order valence-corrected chi connectivity index (χ2v) is 6.97. The van der Waals surface area contributed by atoms with Crippen molar-refractivity contribution >= 4 is 21.5 Å². The third kappa shape index (κ3) is 5.15. The maximum Gasteiger partial charge on any atom is 0.279 e. The highest BCUT2D eigenvalue weighted by Gasteiger charge is 2.23. The van der Waals surface area contributed by atoms with Gasteiger partial charge in [-0.3, -0.25) is 0 Å². The van der Waals surface area contributed by atoms with E-state index in [4.69, 9.17) is 0 Å². The maximum absolute atomic E-state index is 12.2. The number of aromatic nitrogens is 1. The fourth-order valence-corrected chi connectivity index (χ4v) is 3.62. The largest absolute Gasteiger partial charge is 0.320 e. The SMILES string of the molecule is CCC(NS(=O)(=O)N(C)CCCNC)c1nccs1. The normalized spacial score (nSPS) is 13.9. The van der Waals surface area contributed by atoms with Crippen molar-refractivity contribution < 1.29 is 8.42 Å². The van der Waals surface area contributed by atoms with Crippen molar-refractivity contribution in [3.63, 3.8) is 0 Å². The molecule has 0 saturated carbocycles. The van der Waals surface area contributed by atoms with Gasteiger partial charge in [0.05, 0.1) is 6.04 Å². The van der Waals surface area contributed by atoms with Gasteiger partial charge in [-0.05, 0) is 26.4 Å². The Hall–Kier alpha value is -0.540. The van der Waals surface area contributed by atoms with Crippen LogP contribution in [0.3, 0.4) is 0 Å². The van der Waals surface area contributed by atoms with E-state index in [9.17, 15) is 8.42 Å². The predicted molar refractivity (Wildman–Crippen MR) is 78.4 cm³/mol. The summed E-state index contributed by atoms with van der Waals surface area (Å²) in [6, 6.07) is -0.253. The minimum atomic E-state index is -3.46. The van der Waals surface area contributed by atoms with E-state index in [0.29, 0.717) is 13.0 Å². The summed E-state index contributed by atoms with van der Waals surface area (Å²) in [5.74, 6) is 0. The van der Waals surface area contributed by atoms with Crippen molar-refractivity contribution in [2.75, 3.05) is 27.2 Å². The first kappa shape index (κ1) is 16.5. The Balaban J connectivity index is 2.61. The lowest BCUT2D eigenvalue weighted by molar-refractivity contribution is 0.436. The van der Waals surface area contributed by atoms with Crippen LogP contribution in [0.1, 0.15) is 30.8 Å². The standard InChI is InChI=1S/C11H22N4O2S2/c1-4-10(11-13-7-9-18-11)14-19(16,17)15(3)8-5-6-12-2/h7,9-10,12,14H,4-6,8H2,1-3H3. The molecular weight excluding hydrogens is 284 g/mol. The summed E-state index contributed by atoms with van der Waals surface area (Å²) in [5.41, 5.74) is 0. The van der Waals surface area contributed by atoms with Gasteiger partial charge in [0.15, 0.2) is 0 Å². The molecule has 1 aromatic heterocycles. The Morgan fingerprint density at radius 1 is 1.53 bits per heavy atom. The van der Waals surface area contributed by atoms with Crippen LogP contribution in [0.15, 0.2) is 11.6 Å². The Morgan fingerprint density at radius 2 is 2.26 bits per heavy atom. The molecule has 8 heteroatoms. The molecule has 0 aliphatic rings. The van der Waals surface area contributed by atoms with Crippen molar-refractivity contribution in [1.82, 2.24) is 19.3 Å². The molecule has 0 radical (unpaired) electrons. The minimum Gasteiger partial charge on any atom is -0.320 e. The van der Waals surface area contributed by atoms with Crippen LogP contribution in [0.5, 0.6) is 0 Å². The van der Waals surface area contributed by atoms with Gasteiger partial charge in [0.2, 0.25) is 0 Å². The third-order valence-corrected chi connectivity index (χ3v) is 5.23. The number of nitrogens with one attached hydrogen (secondary N) is 2. The minimum absolute atomic E-state index is 0.253. The average molecular weight is 306 g/mol. The zero-order valence-electron chi connectivity index (χ0n) is 11.6. The molecule has 1 heterocycles. The van der Waals surface area contributed by atoms with E-state index < -0.39 is 10.2 Å². The van der Waals surface area contributed by atoms with Gasteiger partial charge in [0.25, 0.3) is 10.2 Å². The highest BCUT2D eigenvalue weighted by molar-refractivity contribution is 7.87. The Morgan fingerprint density at radius 3 is 2.79 bits per heavy atom. The van der Waals surface area contributed by atoms with Crippen LogP contribution in [-0.4, -0.2) is 44.9 Å². The van der Waals surface area contributed by atoms with Gasteiger partial charge in [-0.15, -0.1) is 11.3 Å². The predicted octanol–water partition coefficient (Wildman–Crippen LogP) is 0.970. The highest BCUT2D eigenvalue weighted by Crippen LogP contribution is 2.20. The van der Waals surface area contributed by atoms with Gasteiger partial charge in [0, 0.05) is 25.2 Å². The summed E-state index contributed by atoms with van der Waals surface area (Å²) >= 11 is 1.46. The first-order valence-electron chi connectivity index (χ1n) is 6.28. The van der Waals surface area contributed by atoms with E-state index in [2.05, 4.69) is 15.0 Å². The van der Waals surface area contributed by atoms with Gasteiger partial charge in [0.1, 0.15) is 5.01 Å². The van der Waals surface area contributed by atoms with Gasteiger partial charge in [-0.25, -0.2) is 4.98 Å². The van der Waals surface area contributed by atoms with Crippen LogP contribution in [0, 0.1) is 0 Å². The monoisotopic (exact) mass is 306 g/mol. The molecule has 0 saturated heterocycles. The number of hydrogen-bond donors (Lipinski definition) is 2. The fourth-order valence-electron chi connectivity index (χ4n) is 1.58. The quantitative estimate of drug-likeness (QED) is 0.667. The Bertz CT molecular complexity index is 447. The summed E-state index contributed by atoms with van der Waals surface area (Å²) in [4.78, 5) is 4.17. The summed E-state index contributed by atoms with van der Waals surface area (Å²) in [7, 11) is -0.0165. The highest BCUT2D eigenvalue weighted by atomic mass is 32.2. The van der Waals surface area contributed by atoms with E-state index in [1.807, 2.05) is 19.4 Å². The molecule has 1 atom stereocenters. The number of hydrogen-bond acceptors (Lipinski definition) is 5. The molecular formula is C11H22N4O2S2. The van der Waals surface area contributed by atoms with Gasteiger partial charge < -0.3 is 5.32 Å². The second kappa shape index (κ2) is 7.91. The molecule has 0 fully saturated rings. The summed E-state index contributed by atoms with van der Waals surface area (Å²) in [5, 5.41) is 5.65. The van der Waals surface area contributed by atoms with Crippen molar-refractivity contribution in [1.29, 1.82) is 0 Å². The van der Waals surface area contributed by atoms with Gasteiger partial charge in [-0.2, -0.15) is 17.4 Å². The van der Waals surface area contributed by atoms with Crippen LogP contribution < -0.4 is 10.0 Å². The summed E-state index contributed by atoms with van der Waals surface area (Å²) < 4.78 is 28.4. The van der Waals surface area contributed by atoms with Crippen molar-refractivity contribution in [2.45, 2.75) is 25.8 Å². The molecule has 0 aromatic carbocycles. The summed E-state index contributed by atoms with van der Waals surface area (Å²) in [6.45, 7) is 3.23. The number of nitrogens with zero attached hydrogens (tertiary/aromatic N) is 2. The first-order chi connectivity index (χ1) is 9.01. The topological polar surface area (TPSA) is 74.3 Å². The zero-order chi connectivity index (χ0) is 14.3. The second-order valence-electron chi connectivity index (χ2n) is 4.23. The molecule has 6 nitrogen and oxygen atoms in total. The molecule has 1 rings (SSSR count). The van der Waals surface area contributed by atoms with Crippen LogP contribution in [0.2, 0.25) is 0 Å². The van der Waals surface area contributed by atoms with Crippen LogP contribution in [0.25, 0.3) is 0 Å². The van der Waals surface area contributed by atoms with Crippen molar-refractivity contribution in [3.05, 3.63) is 16.6 Å². The lowest BCUT2D eigenvalue weighted by atomic mass is 10.3. The van der Waals surface area contributed by atoms with Crippen LogP contribution in [0.4, 0.5) is 0 Å². The van der Waals surface area contributed by atoms with Crippen LogP contribution in [-0.2, 0) is 10.2 Å². The molecule has 1 unspecified atom stereocenters. The summed E-state index contributed by atoms with van der Waals surface area (Å²) in [6.07, 6.45) is 3.15. The van der Waals surface area contributed by atoms with E-state index >= 15 is 0 Å². The van der Waals surface area contributed by atoms with E-state index in [0.717, 1.165) is 18.0 Å². The molecule has 0 aliphatic heterocycles. The first-order valence-corrected chi connectivity index (χ1v) is 8.60. The van der Waals surface area contributed by atoms with Gasteiger partial charge in [-0.1, -0.05) is 6.92 Å². The maximum atomic E-state index is 12.2. The lowest BCUT2D eigenvalue weighted by Gasteiger charge is -2.21. The molecule has 0 amide bonds. The average Bonchev–Trinajstić information content (AvgIpc) is 2.90. The van der Waals surface area contributed by atoms with Crippen molar-refractivity contribution in [2.24, 2.45) is 0 Å². The Labute approximate surface area is 119 Å². The molecule has 0 spiro atoms. The molecule has 19 heavy (non-hydrogen) atoms. The van der Waals surface area contributed by atoms with E-state index in [-0.39, 0.29) is 6.04 Å². The molecule has 2 N–H and O–H groups in total. The smallest absolute Gasteiger partial charge is 0.279 e. The molecule has 0 aliphatic carbocycles. The van der Waals surface area contributed by atoms with Crippen molar-refractivity contribution in [3.8, 4) is 0 Å². The van der Waals surface area contributed by atoms with Crippen LogP contribution >= 0.6 is 11.3 Å². The molecule has 110 valence electrons. The van der Waals surface area contributed by atoms with E-state index in [1.165, 1.54) is 15.6 Å². The zero-order valence-corrected chi connectivity index (χ0v) is 13.2. The molecule has 1 aromatic rings. The Kier molecular flexibility index (Phi) is 6.87. The third-order valence-electron chi connectivity index (χ3n) is 2.76. The lowest BCUT2D eigenvalue weighted by Crippen LogP contribution is -2.41. The number of rotatable bonds is 9. The van der Waals surface area contributed by atoms with Gasteiger partial charge >= 0.3 is 0 Å². The fraction of sp³-hybridized carbons (Fsp3) is 0.727.